The Morgan fingerprint density at radius 1 is 1.50 bits per heavy atom. The van der Waals surface area contributed by atoms with Gasteiger partial charge in [-0.05, 0) is 18.6 Å². The number of hydrogen-bond acceptors (Lipinski definition) is 3. The Morgan fingerprint density at radius 2 is 2.19 bits per heavy atom. The van der Waals surface area contributed by atoms with Gasteiger partial charge in [-0.1, -0.05) is 6.92 Å². The lowest BCUT2D eigenvalue weighted by atomic mass is 10.2. The molecule has 1 rings (SSSR count). The van der Waals surface area contributed by atoms with E-state index in [4.69, 9.17) is 10.5 Å². The van der Waals surface area contributed by atoms with Crippen LogP contribution in [0.4, 0.5) is 11.4 Å². The van der Waals surface area contributed by atoms with E-state index >= 15 is 0 Å². The zero-order chi connectivity index (χ0) is 11.3. The van der Waals surface area contributed by atoms with Gasteiger partial charge in [-0.3, -0.25) is 4.79 Å². The highest BCUT2D eigenvalue weighted by Gasteiger charge is 2.05. The molecule has 1 aromatic carbocycles. The van der Waals surface area contributed by atoms with Crippen LogP contribution < -0.4 is 15.8 Å². The molecule has 0 aromatic heterocycles. The van der Waals surface area contributed by atoms with Gasteiger partial charge in [-0.15, -0.1) is 12.4 Å². The van der Waals surface area contributed by atoms with Gasteiger partial charge in [0, 0.05) is 12.5 Å². The highest BCUT2D eigenvalue weighted by atomic mass is 35.5. The van der Waals surface area contributed by atoms with Crippen LogP contribution >= 0.6 is 12.4 Å². The van der Waals surface area contributed by atoms with Gasteiger partial charge in [0.25, 0.3) is 0 Å². The van der Waals surface area contributed by atoms with Crippen LogP contribution in [-0.4, -0.2) is 13.0 Å². The van der Waals surface area contributed by atoms with E-state index in [0.29, 0.717) is 23.5 Å². The predicted octanol–water partition coefficient (Wildman–Crippen LogP) is 2.44. The SMILES string of the molecule is CCCC(=O)Nc1cc(OC)ccc1N.Cl. The third-order valence-electron chi connectivity index (χ3n) is 2.01. The molecule has 0 bridgehead atoms. The monoisotopic (exact) mass is 244 g/mol. The van der Waals surface area contributed by atoms with Gasteiger partial charge in [0.2, 0.25) is 5.91 Å². The average Bonchev–Trinajstić information content (AvgIpc) is 2.21. The van der Waals surface area contributed by atoms with Crippen molar-refractivity contribution in [2.45, 2.75) is 19.8 Å². The first-order valence-electron chi connectivity index (χ1n) is 4.90. The molecule has 0 fully saturated rings. The highest BCUT2D eigenvalue weighted by Crippen LogP contribution is 2.24. The Labute approximate surface area is 102 Å². The molecule has 1 aromatic rings. The minimum atomic E-state index is -0.0301. The average molecular weight is 245 g/mol. The summed E-state index contributed by atoms with van der Waals surface area (Å²) < 4.78 is 5.04. The quantitative estimate of drug-likeness (QED) is 0.800. The van der Waals surface area contributed by atoms with Crippen molar-refractivity contribution in [2.24, 2.45) is 0 Å². The zero-order valence-corrected chi connectivity index (χ0v) is 10.3. The van der Waals surface area contributed by atoms with E-state index in [9.17, 15) is 4.79 Å². The molecule has 0 unspecified atom stereocenters. The summed E-state index contributed by atoms with van der Waals surface area (Å²) in [5.41, 5.74) is 6.86. The molecular weight excluding hydrogens is 228 g/mol. The summed E-state index contributed by atoms with van der Waals surface area (Å²) in [5, 5.41) is 2.74. The first kappa shape index (κ1) is 14.6. The second kappa shape index (κ2) is 6.95. The van der Waals surface area contributed by atoms with Gasteiger partial charge in [-0.2, -0.15) is 0 Å². The normalized spacial score (nSPS) is 9.12. The summed E-state index contributed by atoms with van der Waals surface area (Å²) >= 11 is 0. The Bertz CT molecular complexity index is 356. The molecule has 0 aliphatic heterocycles. The van der Waals surface area contributed by atoms with Crippen molar-refractivity contribution in [3.63, 3.8) is 0 Å². The number of benzene rings is 1. The molecular formula is C11H17ClN2O2. The van der Waals surface area contributed by atoms with Crippen molar-refractivity contribution >= 4 is 29.7 Å². The Hall–Kier alpha value is -1.42. The fraction of sp³-hybridized carbons (Fsp3) is 0.364. The zero-order valence-electron chi connectivity index (χ0n) is 9.45. The summed E-state index contributed by atoms with van der Waals surface area (Å²) in [4.78, 5) is 11.4. The second-order valence-electron chi connectivity index (χ2n) is 3.25. The number of nitrogens with two attached hydrogens (primary N) is 1. The molecule has 0 spiro atoms. The molecule has 16 heavy (non-hydrogen) atoms. The van der Waals surface area contributed by atoms with Gasteiger partial charge >= 0.3 is 0 Å². The maximum atomic E-state index is 11.4. The van der Waals surface area contributed by atoms with Crippen LogP contribution in [0.5, 0.6) is 5.75 Å². The van der Waals surface area contributed by atoms with Crippen LogP contribution in [0.15, 0.2) is 18.2 Å². The predicted molar refractivity (Wildman–Crippen MR) is 68.2 cm³/mol. The number of carbonyl (C=O) groups is 1. The number of hydrogen-bond donors (Lipinski definition) is 2. The summed E-state index contributed by atoms with van der Waals surface area (Å²) in [6, 6.07) is 5.17. The lowest BCUT2D eigenvalue weighted by Gasteiger charge is -2.09. The Morgan fingerprint density at radius 3 is 2.75 bits per heavy atom. The van der Waals surface area contributed by atoms with Crippen molar-refractivity contribution in [2.75, 3.05) is 18.2 Å². The highest BCUT2D eigenvalue weighted by molar-refractivity contribution is 5.94. The van der Waals surface area contributed by atoms with Crippen LogP contribution in [0.2, 0.25) is 0 Å². The molecule has 0 aliphatic carbocycles. The number of nitrogen functional groups attached to an aromatic ring is 1. The fourth-order valence-corrected chi connectivity index (χ4v) is 1.21. The molecule has 0 saturated heterocycles. The molecule has 0 aliphatic rings. The molecule has 4 nitrogen and oxygen atoms in total. The summed E-state index contributed by atoms with van der Waals surface area (Å²) in [7, 11) is 1.57. The van der Waals surface area contributed by atoms with E-state index in [1.165, 1.54) is 0 Å². The van der Waals surface area contributed by atoms with Crippen molar-refractivity contribution in [1.82, 2.24) is 0 Å². The van der Waals surface area contributed by atoms with E-state index in [1.807, 2.05) is 6.92 Å². The first-order valence-corrected chi connectivity index (χ1v) is 4.90. The lowest BCUT2D eigenvalue weighted by Crippen LogP contribution is -2.12. The molecule has 0 atom stereocenters. The van der Waals surface area contributed by atoms with Crippen LogP contribution in [-0.2, 0) is 4.79 Å². The number of carbonyl (C=O) groups excluding carboxylic acids is 1. The number of nitrogens with one attached hydrogen (secondary N) is 1. The fourth-order valence-electron chi connectivity index (χ4n) is 1.21. The number of rotatable bonds is 4. The molecule has 3 N–H and O–H groups in total. The molecule has 0 saturated carbocycles. The molecule has 0 heterocycles. The summed E-state index contributed by atoms with van der Waals surface area (Å²) in [6.07, 6.45) is 1.31. The molecule has 5 heteroatoms. The van der Waals surface area contributed by atoms with E-state index in [0.717, 1.165) is 6.42 Å². The summed E-state index contributed by atoms with van der Waals surface area (Å²) in [5.74, 6) is 0.647. The smallest absolute Gasteiger partial charge is 0.224 e. The van der Waals surface area contributed by atoms with E-state index < -0.39 is 0 Å². The maximum Gasteiger partial charge on any atom is 0.224 e. The first-order chi connectivity index (χ1) is 7.17. The lowest BCUT2D eigenvalue weighted by molar-refractivity contribution is -0.116. The number of amides is 1. The van der Waals surface area contributed by atoms with E-state index in [1.54, 1.807) is 25.3 Å². The Kier molecular flexibility index (Phi) is 6.34. The standard InChI is InChI=1S/C11H16N2O2.ClH/c1-3-4-11(14)13-10-7-8(15-2)5-6-9(10)12;/h5-7H,3-4,12H2,1-2H3,(H,13,14);1H. The van der Waals surface area contributed by atoms with Crippen molar-refractivity contribution in [1.29, 1.82) is 0 Å². The topological polar surface area (TPSA) is 64.3 Å². The number of ether oxygens (including phenoxy) is 1. The molecule has 0 radical (unpaired) electrons. The maximum absolute atomic E-state index is 11.4. The van der Waals surface area contributed by atoms with Crippen molar-refractivity contribution < 1.29 is 9.53 Å². The Balaban J connectivity index is 0.00000225. The van der Waals surface area contributed by atoms with Crippen molar-refractivity contribution in [3.8, 4) is 5.75 Å². The third kappa shape index (κ3) is 3.98. The van der Waals surface area contributed by atoms with Crippen LogP contribution in [0.3, 0.4) is 0 Å². The second-order valence-corrected chi connectivity index (χ2v) is 3.25. The van der Waals surface area contributed by atoms with Crippen molar-refractivity contribution in [3.05, 3.63) is 18.2 Å². The third-order valence-corrected chi connectivity index (χ3v) is 2.01. The van der Waals surface area contributed by atoms with E-state index in [2.05, 4.69) is 5.32 Å². The van der Waals surface area contributed by atoms with Gasteiger partial charge in [0.1, 0.15) is 5.75 Å². The van der Waals surface area contributed by atoms with Gasteiger partial charge in [0.05, 0.1) is 18.5 Å². The molecule has 90 valence electrons. The van der Waals surface area contributed by atoms with Crippen LogP contribution in [0, 0.1) is 0 Å². The largest absolute Gasteiger partial charge is 0.497 e. The minimum absolute atomic E-state index is 0. The van der Waals surface area contributed by atoms with Gasteiger partial charge < -0.3 is 15.8 Å². The number of halogens is 1. The molecule has 1 amide bonds. The van der Waals surface area contributed by atoms with Crippen LogP contribution in [0.1, 0.15) is 19.8 Å². The number of methoxy groups -OCH3 is 1. The number of anilines is 2. The van der Waals surface area contributed by atoms with Gasteiger partial charge in [-0.25, -0.2) is 0 Å². The van der Waals surface area contributed by atoms with E-state index in [-0.39, 0.29) is 18.3 Å². The van der Waals surface area contributed by atoms with Gasteiger partial charge in [0.15, 0.2) is 0 Å². The summed E-state index contributed by atoms with van der Waals surface area (Å²) in [6.45, 7) is 1.95. The van der Waals surface area contributed by atoms with Crippen LogP contribution in [0.25, 0.3) is 0 Å². The minimum Gasteiger partial charge on any atom is -0.497 e.